The summed E-state index contributed by atoms with van der Waals surface area (Å²) < 4.78 is 24.7. The molecule has 2 aliphatic rings. The smallest absolute Gasteiger partial charge is 0.271 e. The molecule has 0 radical (unpaired) electrons. The summed E-state index contributed by atoms with van der Waals surface area (Å²) in [6, 6.07) is 3.49. The highest BCUT2D eigenvalue weighted by Crippen LogP contribution is 2.51. The number of nitrogens with zero attached hydrogens (tertiary/aromatic N) is 6. The highest BCUT2D eigenvalue weighted by molar-refractivity contribution is 6.76. The fourth-order valence-corrected chi connectivity index (χ4v) is 6.65. The lowest BCUT2D eigenvalue weighted by atomic mass is 9.88. The SMILES string of the molecule is CCCn1nncc1C(=O)N[C@H](C(=O)Nc1ccc(-c2c(C)nn(COCC[Si](C)(C)C)c2C)c(F)n1)C(C1CC1)C1CC1. The van der Waals surface area contributed by atoms with Gasteiger partial charge < -0.3 is 15.4 Å². The number of nitrogens with one attached hydrogen (secondary N) is 2. The molecule has 2 saturated carbocycles. The van der Waals surface area contributed by atoms with E-state index in [-0.39, 0.29) is 11.7 Å². The topological polar surface area (TPSA) is 129 Å². The van der Waals surface area contributed by atoms with Crippen molar-refractivity contribution in [3.63, 3.8) is 0 Å². The number of aryl methyl sites for hydroxylation is 2. The molecule has 0 unspecified atom stereocenters. The van der Waals surface area contributed by atoms with Crippen LogP contribution >= 0.6 is 0 Å². The third-order valence-electron chi connectivity index (χ3n) is 8.53. The number of pyridine rings is 1. The van der Waals surface area contributed by atoms with E-state index in [1.165, 1.54) is 6.20 Å². The number of hydrogen-bond acceptors (Lipinski definition) is 7. The van der Waals surface area contributed by atoms with Crippen LogP contribution in [0.3, 0.4) is 0 Å². The number of amides is 2. The molecule has 2 fully saturated rings. The second-order valence-electron chi connectivity index (χ2n) is 13.5. The van der Waals surface area contributed by atoms with Gasteiger partial charge in [0.25, 0.3) is 5.91 Å². The van der Waals surface area contributed by atoms with Crippen molar-refractivity contribution in [2.45, 2.75) is 97.9 Å². The number of carbonyl (C=O) groups is 2. The zero-order valence-corrected chi connectivity index (χ0v) is 27.7. The number of ether oxygens (including phenoxy) is 1. The van der Waals surface area contributed by atoms with Gasteiger partial charge in [-0.3, -0.25) is 9.59 Å². The maximum atomic E-state index is 15.5. The first kappa shape index (κ1) is 32.0. The first-order valence-corrected chi connectivity index (χ1v) is 19.5. The third-order valence-corrected chi connectivity index (χ3v) is 10.2. The fraction of sp³-hybridized carbons (Fsp3) is 0.613. The quantitative estimate of drug-likeness (QED) is 0.135. The molecule has 238 valence electrons. The van der Waals surface area contributed by atoms with Crippen molar-refractivity contribution in [2.75, 3.05) is 11.9 Å². The molecule has 3 heterocycles. The minimum atomic E-state index is -1.21. The van der Waals surface area contributed by atoms with Crippen LogP contribution in [-0.2, 0) is 22.8 Å². The maximum Gasteiger partial charge on any atom is 0.271 e. The predicted molar refractivity (Wildman–Crippen MR) is 168 cm³/mol. The Morgan fingerprint density at radius 2 is 1.82 bits per heavy atom. The van der Waals surface area contributed by atoms with E-state index in [0.29, 0.717) is 54.2 Å². The molecular formula is C31H45FN8O3Si. The Morgan fingerprint density at radius 3 is 2.43 bits per heavy atom. The molecular weight excluding hydrogens is 579 g/mol. The van der Waals surface area contributed by atoms with Crippen molar-refractivity contribution in [2.24, 2.45) is 17.8 Å². The number of carbonyl (C=O) groups excluding carboxylic acids is 2. The van der Waals surface area contributed by atoms with Crippen LogP contribution in [0.15, 0.2) is 18.3 Å². The van der Waals surface area contributed by atoms with Crippen LogP contribution < -0.4 is 10.6 Å². The molecule has 13 heteroatoms. The number of aromatic nitrogens is 6. The second kappa shape index (κ2) is 13.3. The number of anilines is 1. The summed E-state index contributed by atoms with van der Waals surface area (Å²) in [5, 5.41) is 18.3. The molecule has 0 aromatic carbocycles. The molecule has 5 rings (SSSR count). The van der Waals surface area contributed by atoms with Crippen LogP contribution in [-0.4, -0.2) is 62.3 Å². The van der Waals surface area contributed by atoms with Crippen molar-refractivity contribution in [3.05, 3.63) is 41.4 Å². The minimum Gasteiger partial charge on any atom is -0.360 e. The van der Waals surface area contributed by atoms with Gasteiger partial charge in [0.2, 0.25) is 11.9 Å². The highest BCUT2D eigenvalue weighted by Gasteiger charge is 2.48. The van der Waals surface area contributed by atoms with Gasteiger partial charge in [-0.2, -0.15) is 9.49 Å². The summed E-state index contributed by atoms with van der Waals surface area (Å²) in [4.78, 5) is 31.2. The van der Waals surface area contributed by atoms with E-state index in [0.717, 1.165) is 43.8 Å². The fourth-order valence-electron chi connectivity index (χ4n) is 5.89. The largest absolute Gasteiger partial charge is 0.360 e. The van der Waals surface area contributed by atoms with Crippen molar-refractivity contribution in [1.29, 1.82) is 0 Å². The van der Waals surface area contributed by atoms with Crippen LogP contribution in [0.5, 0.6) is 0 Å². The molecule has 44 heavy (non-hydrogen) atoms. The Bertz CT molecular complexity index is 1480. The summed E-state index contributed by atoms with van der Waals surface area (Å²) in [5.41, 5.74) is 2.74. The van der Waals surface area contributed by atoms with Crippen molar-refractivity contribution < 1.29 is 18.7 Å². The Labute approximate surface area is 259 Å². The van der Waals surface area contributed by atoms with Gasteiger partial charge >= 0.3 is 0 Å². The van der Waals surface area contributed by atoms with Gasteiger partial charge in [0, 0.05) is 38.0 Å². The zero-order valence-electron chi connectivity index (χ0n) is 26.7. The molecule has 3 aromatic heterocycles. The standard InChI is InChI=1S/C31H45FN8O3Si/c1-7-14-39-24(17-33-38-39)30(41)36-28(27(21-8-9-21)22-10-11-22)31(42)35-25-13-12-23(29(32)34-25)26-19(2)37-40(20(26)3)18-43-15-16-44(4,5)6/h12-13,17,21-22,27-28H,7-11,14-16,18H2,1-6H3,(H,36,41)(H,34,35,42)/t28-/m0/s1. The van der Waals surface area contributed by atoms with Gasteiger partial charge in [-0.1, -0.05) is 31.8 Å². The molecule has 3 aromatic rings. The molecule has 0 aliphatic heterocycles. The molecule has 0 bridgehead atoms. The number of halogens is 1. The summed E-state index contributed by atoms with van der Waals surface area (Å²) in [5.74, 6) is -0.621. The Hall–Kier alpha value is -3.45. The molecule has 1 atom stereocenters. The van der Waals surface area contributed by atoms with Gasteiger partial charge in [-0.05, 0) is 81.9 Å². The van der Waals surface area contributed by atoms with Gasteiger partial charge in [-0.15, -0.1) is 5.10 Å². The van der Waals surface area contributed by atoms with E-state index in [2.05, 4.69) is 50.7 Å². The summed E-state index contributed by atoms with van der Waals surface area (Å²) in [6.07, 6.45) is 6.35. The number of rotatable bonds is 15. The highest BCUT2D eigenvalue weighted by atomic mass is 28.3. The summed E-state index contributed by atoms with van der Waals surface area (Å²) >= 11 is 0. The second-order valence-corrected chi connectivity index (χ2v) is 19.1. The van der Waals surface area contributed by atoms with E-state index < -0.39 is 31.9 Å². The van der Waals surface area contributed by atoms with Crippen LogP contribution in [0.4, 0.5) is 10.2 Å². The van der Waals surface area contributed by atoms with Crippen LogP contribution in [0, 0.1) is 37.5 Å². The average molecular weight is 625 g/mol. The van der Waals surface area contributed by atoms with Crippen LogP contribution in [0.25, 0.3) is 11.1 Å². The molecule has 11 nitrogen and oxygen atoms in total. The Kier molecular flexibility index (Phi) is 9.64. The maximum absolute atomic E-state index is 15.5. The summed E-state index contributed by atoms with van der Waals surface area (Å²) in [6.45, 7) is 14.1. The molecule has 2 N–H and O–H groups in total. The lowest BCUT2D eigenvalue weighted by Gasteiger charge is -2.27. The normalized spacial score (nSPS) is 15.9. The first-order valence-electron chi connectivity index (χ1n) is 15.8. The third kappa shape index (κ3) is 7.60. The monoisotopic (exact) mass is 624 g/mol. The van der Waals surface area contributed by atoms with Crippen molar-refractivity contribution in [3.8, 4) is 11.1 Å². The van der Waals surface area contributed by atoms with E-state index in [1.54, 1.807) is 21.5 Å². The van der Waals surface area contributed by atoms with E-state index >= 15 is 4.39 Å². The van der Waals surface area contributed by atoms with Crippen LogP contribution in [0.1, 0.15) is 60.9 Å². The molecule has 2 aliphatic carbocycles. The van der Waals surface area contributed by atoms with Gasteiger partial charge in [0.15, 0.2) is 0 Å². The van der Waals surface area contributed by atoms with E-state index in [9.17, 15) is 9.59 Å². The first-order chi connectivity index (χ1) is 21.0. The van der Waals surface area contributed by atoms with E-state index in [4.69, 9.17) is 4.74 Å². The number of hydrogen-bond donors (Lipinski definition) is 2. The van der Waals surface area contributed by atoms with Gasteiger partial charge in [-0.25, -0.2) is 14.3 Å². The average Bonchev–Trinajstić information content (AvgIpc) is 3.89. The lowest BCUT2D eigenvalue weighted by molar-refractivity contribution is -0.119. The predicted octanol–water partition coefficient (Wildman–Crippen LogP) is 5.19. The van der Waals surface area contributed by atoms with E-state index in [1.807, 2.05) is 20.8 Å². The van der Waals surface area contributed by atoms with Gasteiger partial charge in [0.1, 0.15) is 24.3 Å². The molecule has 0 saturated heterocycles. The minimum absolute atomic E-state index is 0.0164. The molecule has 2 amide bonds. The Morgan fingerprint density at radius 1 is 1.11 bits per heavy atom. The molecule has 0 spiro atoms. The van der Waals surface area contributed by atoms with Crippen molar-refractivity contribution >= 4 is 25.7 Å². The lowest BCUT2D eigenvalue weighted by Crippen LogP contribution is -2.50. The van der Waals surface area contributed by atoms with Gasteiger partial charge in [0.05, 0.1) is 11.9 Å². The van der Waals surface area contributed by atoms with Crippen LogP contribution in [0.2, 0.25) is 25.7 Å². The summed E-state index contributed by atoms with van der Waals surface area (Å²) in [7, 11) is -1.21. The van der Waals surface area contributed by atoms with Crippen molar-refractivity contribution in [1.82, 2.24) is 35.1 Å². The zero-order chi connectivity index (χ0) is 31.6. The Balaban J connectivity index is 1.31.